The van der Waals surface area contributed by atoms with Crippen LogP contribution in [0.1, 0.15) is 6.42 Å². The molecule has 138 valence electrons. The Morgan fingerprint density at radius 2 is 1.89 bits per heavy atom. The first kappa shape index (κ1) is 18.3. The van der Waals surface area contributed by atoms with Crippen LogP contribution in [0.3, 0.4) is 0 Å². The van der Waals surface area contributed by atoms with Crippen LogP contribution in [0.2, 0.25) is 0 Å². The van der Waals surface area contributed by atoms with E-state index in [9.17, 15) is 9.59 Å². The molecule has 27 heavy (non-hydrogen) atoms. The minimum Gasteiger partial charge on any atom is -0.497 e. The van der Waals surface area contributed by atoms with Gasteiger partial charge in [-0.05, 0) is 35.7 Å². The van der Waals surface area contributed by atoms with Crippen LogP contribution in [0.25, 0.3) is 10.8 Å². The van der Waals surface area contributed by atoms with Crippen LogP contribution in [-0.2, 0) is 9.59 Å². The molecule has 3 aromatic rings. The number of benzene rings is 2. The summed E-state index contributed by atoms with van der Waals surface area (Å²) in [5, 5.41) is 7.38. The van der Waals surface area contributed by atoms with Crippen molar-refractivity contribution in [2.24, 2.45) is 5.73 Å². The van der Waals surface area contributed by atoms with Crippen molar-refractivity contribution in [1.29, 1.82) is 0 Å². The van der Waals surface area contributed by atoms with E-state index in [1.807, 2.05) is 18.2 Å². The fourth-order valence-corrected chi connectivity index (χ4v) is 2.60. The number of amides is 2. The third-order valence-electron chi connectivity index (χ3n) is 4.00. The average Bonchev–Trinajstić information content (AvgIpc) is 2.67. The number of carbonyl (C=O) groups excluding carboxylic acids is 2. The number of nitrogens with two attached hydrogens (primary N) is 1. The number of methoxy groups -OCH3 is 1. The smallest absolute Gasteiger partial charge is 0.241 e. The van der Waals surface area contributed by atoms with E-state index in [1.165, 1.54) is 0 Å². The van der Waals surface area contributed by atoms with Gasteiger partial charge in [0, 0.05) is 35.2 Å². The molecule has 0 bridgehead atoms. The number of hydrogen-bond acceptors (Lipinski definition) is 5. The summed E-state index contributed by atoms with van der Waals surface area (Å²) in [4.78, 5) is 28.5. The van der Waals surface area contributed by atoms with Crippen LogP contribution < -0.4 is 21.1 Å². The standard InChI is InChI=1S/C20H20N4O3/c1-27-17-4-2-3-15(10-17)24-20(26)18(21)11-19(25)23-16-6-5-14-12-22-8-7-13(14)9-16/h2-10,12,18H,11,21H2,1H3,(H,23,25)(H,24,26). The van der Waals surface area contributed by atoms with E-state index >= 15 is 0 Å². The van der Waals surface area contributed by atoms with Crippen molar-refractivity contribution in [2.45, 2.75) is 12.5 Å². The van der Waals surface area contributed by atoms with Crippen LogP contribution in [0.4, 0.5) is 11.4 Å². The number of ether oxygens (including phenoxy) is 1. The lowest BCUT2D eigenvalue weighted by molar-refractivity contribution is -0.122. The molecule has 7 nitrogen and oxygen atoms in total. The fourth-order valence-electron chi connectivity index (χ4n) is 2.60. The third kappa shape index (κ3) is 4.80. The van der Waals surface area contributed by atoms with E-state index in [2.05, 4.69) is 15.6 Å². The van der Waals surface area contributed by atoms with Crippen molar-refractivity contribution in [3.05, 3.63) is 60.9 Å². The Hall–Kier alpha value is -3.45. The highest BCUT2D eigenvalue weighted by Gasteiger charge is 2.18. The number of hydrogen-bond donors (Lipinski definition) is 3. The van der Waals surface area contributed by atoms with Crippen molar-refractivity contribution in [3.63, 3.8) is 0 Å². The van der Waals surface area contributed by atoms with Crippen LogP contribution in [0, 0.1) is 0 Å². The van der Waals surface area contributed by atoms with Gasteiger partial charge < -0.3 is 21.1 Å². The number of nitrogens with zero attached hydrogens (tertiary/aromatic N) is 1. The van der Waals surface area contributed by atoms with E-state index in [4.69, 9.17) is 10.5 Å². The predicted octanol–water partition coefficient (Wildman–Crippen LogP) is 2.54. The Kier molecular flexibility index (Phi) is 5.63. The maximum absolute atomic E-state index is 12.2. The molecule has 0 aliphatic carbocycles. The molecule has 2 aromatic carbocycles. The molecule has 1 atom stereocenters. The molecule has 1 unspecified atom stereocenters. The molecule has 0 aliphatic heterocycles. The summed E-state index contributed by atoms with van der Waals surface area (Å²) in [5.41, 5.74) is 7.06. The molecular weight excluding hydrogens is 344 g/mol. The van der Waals surface area contributed by atoms with Gasteiger partial charge in [-0.15, -0.1) is 0 Å². The number of aromatic nitrogens is 1. The molecule has 2 amide bonds. The Morgan fingerprint density at radius 1 is 1.07 bits per heavy atom. The van der Waals surface area contributed by atoms with Crippen molar-refractivity contribution < 1.29 is 14.3 Å². The maximum Gasteiger partial charge on any atom is 0.241 e. The second-order valence-corrected chi connectivity index (χ2v) is 6.02. The van der Waals surface area contributed by atoms with Crippen molar-refractivity contribution in [3.8, 4) is 5.75 Å². The highest BCUT2D eigenvalue weighted by Crippen LogP contribution is 2.19. The molecule has 4 N–H and O–H groups in total. The van der Waals surface area contributed by atoms with Gasteiger partial charge in [-0.25, -0.2) is 0 Å². The zero-order valence-corrected chi connectivity index (χ0v) is 14.8. The SMILES string of the molecule is COc1cccc(NC(=O)C(N)CC(=O)Nc2ccc3cnccc3c2)c1. The first-order valence-corrected chi connectivity index (χ1v) is 8.39. The lowest BCUT2D eigenvalue weighted by Gasteiger charge is -2.13. The zero-order valence-electron chi connectivity index (χ0n) is 14.8. The Balaban J connectivity index is 1.58. The van der Waals surface area contributed by atoms with Gasteiger partial charge in [-0.1, -0.05) is 12.1 Å². The topological polar surface area (TPSA) is 106 Å². The normalized spacial score (nSPS) is 11.6. The summed E-state index contributed by atoms with van der Waals surface area (Å²) in [5.74, 6) is -0.162. The predicted molar refractivity (Wildman–Crippen MR) is 105 cm³/mol. The summed E-state index contributed by atoms with van der Waals surface area (Å²) < 4.78 is 5.11. The van der Waals surface area contributed by atoms with Gasteiger partial charge in [0.25, 0.3) is 0 Å². The first-order chi connectivity index (χ1) is 13.0. The molecule has 0 fully saturated rings. The van der Waals surface area contributed by atoms with Crippen LogP contribution >= 0.6 is 0 Å². The number of pyridine rings is 1. The van der Waals surface area contributed by atoms with E-state index in [1.54, 1.807) is 49.8 Å². The average molecular weight is 364 g/mol. The minimum absolute atomic E-state index is 0.135. The van der Waals surface area contributed by atoms with Gasteiger partial charge in [0.2, 0.25) is 11.8 Å². The Labute approximate surface area is 156 Å². The maximum atomic E-state index is 12.2. The summed E-state index contributed by atoms with van der Waals surface area (Å²) in [7, 11) is 1.54. The largest absolute Gasteiger partial charge is 0.497 e. The van der Waals surface area contributed by atoms with Gasteiger partial charge in [0.1, 0.15) is 5.75 Å². The second-order valence-electron chi connectivity index (χ2n) is 6.02. The first-order valence-electron chi connectivity index (χ1n) is 8.39. The monoisotopic (exact) mass is 364 g/mol. The van der Waals surface area contributed by atoms with Gasteiger partial charge in [-0.2, -0.15) is 0 Å². The van der Waals surface area contributed by atoms with Crippen molar-refractivity contribution in [1.82, 2.24) is 4.98 Å². The summed E-state index contributed by atoms with van der Waals surface area (Å²) in [6, 6.07) is 13.3. The molecule has 7 heteroatoms. The quantitative estimate of drug-likeness (QED) is 0.623. The molecular formula is C20H20N4O3. The van der Waals surface area contributed by atoms with E-state index in [0.29, 0.717) is 17.1 Å². The second kappa shape index (κ2) is 8.29. The highest BCUT2D eigenvalue weighted by molar-refractivity contribution is 6.00. The number of fused-ring (bicyclic) bond motifs is 1. The van der Waals surface area contributed by atoms with E-state index in [-0.39, 0.29) is 12.3 Å². The number of carbonyl (C=O) groups is 2. The number of nitrogens with one attached hydrogen (secondary N) is 2. The van der Waals surface area contributed by atoms with Crippen LogP contribution in [-0.4, -0.2) is 29.9 Å². The minimum atomic E-state index is -0.971. The van der Waals surface area contributed by atoms with Gasteiger partial charge >= 0.3 is 0 Å². The molecule has 0 saturated carbocycles. The molecule has 1 heterocycles. The Bertz CT molecular complexity index is 974. The summed E-state index contributed by atoms with van der Waals surface area (Å²) >= 11 is 0. The van der Waals surface area contributed by atoms with Gasteiger partial charge in [-0.3, -0.25) is 14.6 Å². The Morgan fingerprint density at radius 3 is 2.70 bits per heavy atom. The highest BCUT2D eigenvalue weighted by atomic mass is 16.5. The molecule has 0 spiro atoms. The molecule has 0 aliphatic rings. The van der Waals surface area contributed by atoms with E-state index < -0.39 is 11.9 Å². The number of anilines is 2. The fraction of sp³-hybridized carbons (Fsp3) is 0.150. The molecule has 3 rings (SSSR count). The van der Waals surface area contributed by atoms with Crippen molar-refractivity contribution >= 4 is 34.0 Å². The van der Waals surface area contributed by atoms with Crippen molar-refractivity contribution in [2.75, 3.05) is 17.7 Å². The number of rotatable bonds is 6. The van der Waals surface area contributed by atoms with Gasteiger partial charge in [0.15, 0.2) is 0 Å². The lowest BCUT2D eigenvalue weighted by Crippen LogP contribution is -2.38. The van der Waals surface area contributed by atoms with Gasteiger partial charge in [0.05, 0.1) is 19.6 Å². The summed E-state index contributed by atoms with van der Waals surface area (Å²) in [6.45, 7) is 0. The molecule has 1 aromatic heterocycles. The van der Waals surface area contributed by atoms with Crippen LogP contribution in [0.15, 0.2) is 60.9 Å². The molecule has 0 radical (unpaired) electrons. The summed E-state index contributed by atoms with van der Waals surface area (Å²) in [6.07, 6.45) is 3.30. The zero-order chi connectivity index (χ0) is 19.2. The molecule has 0 saturated heterocycles. The van der Waals surface area contributed by atoms with Crippen LogP contribution in [0.5, 0.6) is 5.75 Å². The third-order valence-corrected chi connectivity index (χ3v) is 4.00. The lowest BCUT2D eigenvalue weighted by atomic mass is 10.1. The van der Waals surface area contributed by atoms with E-state index in [0.717, 1.165) is 10.8 Å².